The second-order valence-electron chi connectivity index (χ2n) is 4.61. The average Bonchev–Trinajstić information content (AvgIpc) is 3.00. The van der Waals surface area contributed by atoms with Crippen LogP contribution in [0.5, 0.6) is 0 Å². The van der Waals surface area contributed by atoms with Crippen LogP contribution in [0.3, 0.4) is 0 Å². The maximum atomic E-state index is 12.1. The van der Waals surface area contributed by atoms with Crippen LogP contribution in [0.2, 0.25) is 0 Å². The molecule has 3 N–H and O–H groups in total. The van der Waals surface area contributed by atoms with E-state index >= 15 is 0 Å². The van der Waals surface area contributed by atoms with Gasteiger partial charge in [0.05, 0.1) is 18.2 Å². The molecule has 1 heterocycles. The third-order valence-electron chi connectivity index (χ3n) is 3.53. The highest BCUT2D eigenvalue weighted by molar-refractivity contribution is 5.83. The minimum atomic E-state index is -0.317. The number of nitrogens with two attached hydrogens (primary N) is 1. The Hall–Kier alpha value is -1.43. The van der Waals surface area contributed by atoms with Gasteiger partial charge in [0.1, 0.15) is 0 Å². The molecule has 1 aromatic rings. The predicted octanol–water partition coefficient (Wildman–Crippen LogP) is -0.0866. The Morgan fingerprint density at radius 3 is 2.82 bits per heavy atom. The Labute approximate surface area is 101 Å². The van der Waals surface area contributed by atoms with Crippen LogP contribution in [0.25, 0.3) is 0 Å². The number of carbonyl (C=O) groups excluding carboxylic acids is 1. The normalized spacial score (nSPS) is 18.2. The highest BCUT2D eigenvalue weighted by atomic mass is 16.2. The highest BCUT2D eigenvalue weighted by Crippen LogP contribution is 2.37. The van der Waals surface area contributed by atoms with Crippen molar-refractivity contribution in [1.29, 1.82) is 0 Å². The van der Waals surface area contributed by atoms with Crippen LogP contribution in [-0.2, 0) is 11.3 Å². The zero-order valence-corrected chi connectivity index (χ0v) is 9.93. The van der Waals surface area contributed by atoms with Crippen molar-refractivity contribution < 1.29 is 4.79 Å². The summed E-state index contributed by atoms with van der Waals surface area (Å²) in [6, 6.07) is 0. The number of aromatic nitrogens is 3. The lowest BCUT2D eigenvalue weighted by Gasteiger charge is -2.25. The third kappa shape index (κ3) is 2.63. The largest absolute Gasteiger partial charge is 0.354 e. The number of nitrogens with zero attached hydrogens (tertiary/aromatic N) is 3. The van der Waals surface area contributed by atoms with Gasteiger partial charge >= 0.3 is 0 Å². The monoisotopic (exact) mass is 237 g/mol. The first-order valence-corrected chi connectivity index (χ1v) is 6.09. The summed E-state index contributed by atoms with van der Waals surface area (Å²) >= 11 is 0. The molecule has 0 aliphatic heterocycles. The number of nitrogens with one attached hydrogen (secondary N) is 1. The Kier molecular flexibility index (Phi) is 3.73. The molecule has 1 aliphatic rings. The zero-order chi connectivity index (χ0) is 12.1. The number of hydrogen-bond acceptors (Lipinski definition) is 4. The molecule has 1 amide bonds. The standard InChI is InChI=1S/C11H19N5O/c12-9-11(3-1-2-4-11)10(17)13-5-7-16-8-6-14-15-16/h6,8H,1-5,7,9,12H2,(H,13,17). The molecule has 0 bridgehead atoms. The van der Waals surface area contributed by atoms with Crippen molar-refractivity contribution in [3.05, 3.63) is 12.4 Å². The maximum Gasteiger partial charge on any atom is 0.227 e. The molecule has 0 unspecified atom stereocenters. The SMILES string of the molecule is NCC1(C(=O)NCCn2ccnn2)CCCC1. The molecule has 0 saturated heterocycles. The van der Waals surface area contributed by atoms with Gasteiger partial charge in [-0.2, -0.15) is 0 Å². The third-order valence-corrected chi connectivity index (χ3v) is 3.53. The van der Waals surface area contributed by atoms with E-state index in [1.165, 1.54) is 0 Å². The fourth-order valence-electron chi connectivity index (χ4n) is 2.40. The summed E-state index contributed by atoms with van der Waals surface area (Å²) in [6.45, 7) is 1.67. The van der Waals surface area contributed by atoms with Gasteiger partial charge in [0.25, 0.3) is 0 Å². The molecule has 0 atom stereocenters. The molecule has 0 aromatic carbocycles. The van der Waals surface area contributed by atoms with Crippen molar-refractivity contribution in [3.8, 4) is 0 Å². The van der Waals surface area contributed by atoms with E-state index in [4.69, 9.17) is 5.73 Å². The van der Waals surface area contributed by atoms with E-state index in [-0.39, 0.29) is 11.3 Å². The Balaban J connectivity index is 1.80. The molecule has 6 nitrogen and oxygen atoms in total. The molecule has 17 heavy (non-hydrogen) atoms. The minimum Gasteiger partial charge on any atom is -0.354 e. The van der Waals surface area contributed by atoms with Crippen LogP contribution in [0.1, 0.15) is 25.7 Å². The van der Waals surface area contributed by atoms with Gasteiger partial charge in [-0.15, -0.1) is 5.10 Å². The molecular formula is C11H19N5O. The summed E-state index contributed by atoms with van der Waals surface area (Å²) in [5.74, 6) is 0.0950. The first-order valence-electron chi connectivity index (χ1n) is 6.09. The predicted molar refractivity (Wildman–Crippen MR) is 63.0 cm³/mol. The summed E-state index contributed by atoms with van der Waals surface area (Å²) in [4.78, 5) is 12.1. The van der Waals surface area contributed by atoms with Crippen LogP contribution in [-0.4, -0.2) is 34.0 Å². The van der Waals surface area contributed by atoms with Gasteiger partial charge in [-0.3, -0.25) is 9.48 Å². The van der Waals surface area contributed by atoms with Crippen LogP contribution < -0.4 is 11.1 Å². The van der Waals surface area contributed by atoms with Crippen LogP contribution >= 0.6 is 0 Å². The second-order valence-corrected chi connectivity index (χ2v) is 4.61. The van der Waals surface area contributed by atoms with E-state index < -0.39 is 0 Å². The number of rotatable bonds is 5. The lowest BCUT2D eigenvalue weighted by Crippen LogP contribution is -2.45. The zero-order valence-electron chi connectivity index (χ0n) is 9.93. The van der Waals surface area contributed by atoms with Crippen molar-refractivity contribution in [2.45, 2.75) is 32.2 Å². The molecule has 1 aromatic heterocycles. The molecule has 94 valence electrons. The van der Waals surface area contributed by atoms with Crippen molar-refractivity contribution >= 4 is 5.91 Å². The molecular weight excluding hydrogens is 218 g/mol. The molecule has 6 heteroatoms. The maximum absolute atomic E-state index is 12.1. The fourth-order valence-corrected chi connectivity index (χ4v) is 2.40. The molecule has 1 saturated carbocycles. The second kappa shape index (κ2) is 5.27. The summed E-state index contributed by atoms with van der Waals surface area (Å²) in [5.41, 5.74) is 5.43. The van der Waals surface area contributed by atoms with E-state index in [2.05, 4.69) is 15.6 Å². The molecule has 2 rings (SSSR count). The Morgan fingerprint density at radius 2 is 2.24 bits per heavy atom. The molecule has 1 aliphatic carbocycles. The molecule has 1 fully saturated rings. The van der Waals surface area contributed by atoms with Crippen molar-refractivity contribution in [1.82, 2.24) is 20.3 Å². The lowest BCUT2D eigenvalue weighted by molar-refractivity contribution is -0.130. The van der Waals surface area contributed by atoms with Gasteiger partial charge in [0, 0.05) is 19.3 Å². The smallest absolute Gasteiger partial charge is 0.227 e. The van der Waals surface area contributed by atoms with Gasteiger partial charge in [0.15, 0.2) is 0 Å². The van der Waals surface area contributed by atoms with Gasteiger partial charge in [-0.05, 0) is 12.8 Å². The molecule has 0 spiro atoms. The highest BCUT2D eigenvalue weighted by Gasteiger charge is 2.39. The number of carbonyl (C=O) groups is 1. The summed E-state index contributed by atoms with van der Waals surface area (Å²) in [5, 5.41) is 10.5. The lowest BCUT2D eigenvalue weighted by atomic mass is 9.85. The fraction of sp³-hybridized carbons (Fsp3) is 0.727. The van der Waals surface area contributed by atoms with Crippen molar-refractivity contribution in [3.63, 3.8) is 0 Å². The van der Waals surface area contributed by atoms with Gasteiger partial charge in [-0.1, -0.05) is 18.1 Å². The van der Waals surface area contributed by atoms with E-state index in [0.717, 1.165) is 25.7 Å². The van der Waals surface area contributed by atoms with Crippen molar-refractivity contribution in [2.24, 2.45) is 11.1 Å². The first kappa shape index (κ1) is 12.0. The summed E-state index contributed by atoms with van der Waals surface area (Å²) < 4.78 is 1.70. The first-order chi connectivity index (χ1) is 8.27. The Bertz CT molecular complexity index is 356. The van der Waals surface area contributed by atoms with Gasteiger partial charge in [0.2, 0.25) is 5.91 Å². The van der Waals surface area contributed by atoms with Gasteiger partial charge < -0.3 is 11.1 Å². The van der Waals surface area contributed by atoms with E-state index in [1.54, 1.807) is 17.1 Å². The minimum absolute atomic E-state index is 0.0950. The average molecular weight is 237 g/mol. The molecule has 0 radical (unpaired) electrons. The van der Waals surface area contributed by atoms with Gasteiger partial charge in [-0.25, -0.2) is 0 Å². The number of amides is 1. The quantitative estimate of drug-likeness (QED) is 0.749. The van der Waals surface area contributed by atoms with E-state index in [0.29, 0.717) is 19.6 Å². The van der Waals surface area contributed by atoms with Crippen LogP contribution in [0, 0.1) is 5.41 Å². The van der Waals surface area contributed by atoms with Crippen LogP contribution in [0.15, 0.2) is 12.4 Å². The topological polar surface area (TPSA) is 85.8 Å². The van der Waals surface area contributed by atoms with Crippen LogP contribution in [0.4, 0.5) is 0 Å². The summed E-state index contributed by atoms with van der Waals surface area (Å²) in [6.07, 6.45) is 7.44. The van der Waals surface area contributed by atoms with Crippen molar-refractivity contribution in [2.75, 3.05) is 13.1 Å². The Morgan fingerprint density at radius 1 is 1.47 bits per heavy atom. The number of hydrogen-bond donors (Lipinski definition) is 2. The summed E-state index contributed by atoms with van der Waals surface area (Å²) in [7, 11) is 0. The van der Waals surface area contributed by atoms with E-state index in [9.17, 15) is 4.79 Å². The van der Waals surface area contributed by atoms with E-state index in [1.807, 2.05) is 0 Å².